The summed E-state index contributed by atoms with van der Waals surface area (Å²) >= 11 is 5.92. The Balaban J connectivity index is 2.19. The molecule has 0 fully saturated rings. The van der Waals surface area contributed by atoms with Crippen molar-refractivity contribution in [3.63, 3.8) is 0 Å². The highest BCUT2D eigenvalue weighted by Crippen LogP contribution is 2.33. The number of fused-ring (bicyclic) bond motifs is 1. The number of Topliss-reactive ketones (excluding diaryl/α,β-unsaturated/α-hetero) is 1. The molecule has 0 saturated carbocycles. The Labute approximate surface area is 104 Å². The highest BCUT2D eigenvalue weighted by molar-refractivity contribution is 6.31. The molecule has 2 rings (SSSR count). The number of rotatable bonds is 3. The molecule has 1 aromatic rings. The fraction of sp³-hybridized carbons (Fsp3) is 0.333. The number of ether oxygens (including phenoxy) is 1. The van der Waals surface area contributed by atoms with Crippen molar-refractivity contribution in [2.24, 2.45) is 0 Å². The molecule has 88 valence electrons. The Morgan fingerprint density at radius 2 is 2.41 bits per heavy atom. The maximum Gasteiger partial charge on any atom is 0.166 e. The van der Waals surface area contributed by atoms with Gasteiger partial charge in [0, 0.05) is 5.02 Å². The van der Waals surface area contributed by atoms with Gasteiger partial charge in [-0.05, 0) is 18.2 Å². The largest absolute Gasteiger partial charge is 0.490 e. The number of halogens is 1. The fourth-order valence-corrected chi connectivity index (χ4v) is 1.93. The van der Waals surface area contributed by atoms with Crippen LogP contribution < -0.4 is 9.64 Å². The minimum Gasteiger partial charge on any atom is -0.490 e. The van der Waals surface area contributed by atoms with Gasteiger partial charge in [-0.3, -0.25) is 4.79 Å². The predicted molar refractivity (Wildman–Crippen MR) is 64.4 cm³/mol. The first kappa shape index (κ1) is 11.7. The van der Waals surface area contributed by atoms with Crippen LogP contribution in [0.3, 0.4) is 0 Å². The number of carbonyl (C=O) groups excluding carboxylic acids is 1. The molecule has 5 heteroatoms. The van der Waals surface area contributed by atoms with E-state index >= 15 is 0 Å². The number of nitriles is 1. The van der Waals surface area contributed by atoms with Crippen LogP contribution in [0.2, 0.25) is 5.02 Å². The van der Waals surface area contributed by atoms with Crippen molar-refractivity contribution in [1.29, 1.82) is 5.26 Å². The van der Waals surface area contributed by atoms with Gasteiger partial charge < -0.3 is 9.64 Å². The summed E-state index contributed by atoms with van der Waals surface area (Å²) in [5.74, 6) is 0.630. The number of nitrogens with zero attached hydrogens (tertiary/aromatic N) is 2. The Hall–Kier alpha value is -1.73. The summed E-state index contributed by atoms with van der Waals surface area (Å²) in [5, 5.41) is 9.07. The number of hydrogen-bond donors (Lipinski definition) is 0. The second-order valence-electron chi connectivity index (χ2n) is 3.76. The normalized spacial score (nSPS) is 13.5. The SMILES string of the molecule is N#CCC(=O)CN1CCOc2ccc(Cl)cc21. The Bertz CT molecular complexity index is 482. The second-order valence-corrected chi connectivity index (χ2v) is 4.19. The lowest BCUT2D eigenvalue weighted by molar-refractivity contribution is -0.116. The van der Waals surface area contributed by atoms with E-state index in [0.29, 0.717) is 18.2 Å². The van der Waals surface area contributed by atoms with Gasteiger partial charge in [-0.15, -0.1) is 0 Å². The van der Waals surface area contributed by atoms with Gasteiger partial charge in [0.2, 0.25) is 0 Å². The monoisotopic (exact) mass is 250 g/mol. The van der Waals surface area contributed by atoms with Gasteiger partial charge in [-0.25, -0.2) is 0 Å². The number of ketones is 1. The summed E-state index contributed by atoms with van der Waals surface area (Å²) in [6, 6.07) is 7.17. The highest BCUT2D eigenvalue weighted by atomic mass is 35.5. The van der Waals surface area contributed by atoms with Gasteiger partial charge in [-0.1, -0.05) is 11.6 Å². The maximum atomic E-state index is 11.5. The fourth-order valence-electron chi connectivity index (χ4n) is 1.77. The molecule has 0 radical (unpaired) electrons. The molecule has 1 aromatic carbocycles. The van der Waals surface area contributed by atoms with E-state index in [-0.39, 0.29) is 18.7 Å². The van der Waals surface area contributed by atoms with E-state index in [1.807, 2.05) is 11.0 Å². The van der Waals surface area contributed by atoms with Crippen LogP contribution in [0.5, 0.6) is 5.75 Å². The van der Waals surface area contributed by atoms with Crippen molar-refractivity contribution in [3.8, 4) is 11.8 Å². The van der Waals surface area contributed by atoms with E-state index in [0.717, 1.165) is 11.4 Å². The van der Waals surface area contributed by atoms with Gasteiger partial charge in [0.05, 0.1) is 31.3 Å². The summed E-state index contributed by atoms with van der Waals surface area (Å²) in [6.07, 6.45) is -0.0622. The lowest BCUT2D eigenvalue weighted by Crippen LogP contribution is -2.36. The van der Waals surface area contributed by atoms with Crippen LogP contribution in [-0.2, 0) is 4.79 Å². The molecule has 0 saturated heterocycles. The zero-order valence-corrected chi connectivity index (χ0v) is 9.91. The van der Waals surface area contributed by atoms with E-state index in [1.54, 1.807) is 18.2 Å². The van der Waals surface area contributed by atoms with E-state index < -0.39 is 0 Å². The Kier molecular flexibility index (Phi) is 3.50. The van der Waals surface area contributed by atoms with E-state index in [9.17, 15) is 4.79 Å². The predicted octanol–water partition coefficient (Wildman–Crippen LogP) is 2.02. The number of anilines is 1. The van der Waals surface area contributed by atoms with Gasteiger partial charge in [-0.2, -0.15) is 5.26 Å². The van der Waals surface area contributed by atoms with Crippen LogP contribution in [0, 0.1) is 11.3 Å². The summed E-state index contributed by atoms with van der Waals surface area (Å²) < 4.78 is 5.47. The molecule has 17 heavy (non-hydrogen) atoms. The van der Waals surface area contributed by atoms with Crippen molar-refractivity contribution in [1.82, 2.24) is 0 Å². The molecule has 0 atom stereocenters. The van der Waals surface area contributed by atoms with Gasteiger partial charge in [0.25, 0.3) is 0 Å². The highest BCUT2D eigenvalue weighted by Gasteiger charge is 2.20. The molecule has 1 heterocycles. The van der Waals surface area contributed by atoms with Crippen LogP contribution in [0.4, 0.5) is 5.69 Å². The lowest BCUT2D eigenvalue weighted by atomic mass is 10.2. The van der Waals surface area contributed by atoms with E-state index in [2.05, 4.69) is 0 Å². The molecule has 1 aliphatic rings. The van der Waals surface area contributed by atoms with Crippen LogP contribution >= 0.6 is 11.6 Å². The van der Waals surface area contributed by atoms with Crippen LogP contribution in [0.25, 0.3) is 0 Å². The first-order chi connectivity index (χ1) is 8.20. The third-order valence-electron chi connectivity index (χ3n) is 2.52. The summed E-state index contributed by atoms with van der Waals surface area (Å²) in [6.45, 7) is 1.39. The quantitative estimate of drug-likeness (QED) is 0.824. The molecule has 4 nitrogen and oxygen atoms in total. The van der Waals surface area contributed by atoms with Crippen molar-refractivity contribution >= 4 is 23.1 Å². The molecular formula is C12H11ClN2O2. The summed E-state index contributed by atoms with van der Waals surface area (Å²) in [5.41, 5.74) is 0.815. The molecule has 0 N–H and O–H groups in total. The van der Waals surface area contributed by atoms with Gasteiger partial charge in [0.1, 0.15) is 12.4 Å². The smallest absolute Gasteiger partial charge is 0.166 e. The molecule has 1 aliphatic heterocycles. The summed E-state index contributed by atoms with van der Waals surface area (Å²) in [7, 11) is 0. The third kappa shape index (κ3) is 2.69. The topological polar surface area (TPSA) is 53.3 Å². The standard InChI is InChI=1S/C12H11ClN2O2/c13-9-1-2-12-11(7-9)15(5-6-17-12)8-10(16)3-4-14/h1-2,7H,3,5-6,8H2. The molecule has 0 unspecified atom stereocenters. The van der Waals surface area contributed by atoms with E-state index in [1.165, 1.54) is 0 Å². The minimum atomic E-state index is -0.0969. The molecular weight excluding hydrogens is 240 g/mol. The summed E-state index contributed by atoms with van der Waals surface area (Å²) in [4.78, 5) is 13.4. The van der Waals surface area contributed by atoms with Crippen molar-refractivity contribution in [2.45, 2.75) is 6.42 Å². The zero-order chi connectivity index (χ0) is 12.3. The average molecular weight is 251 g/mol. The lowest BCUT2D eigenvalue weighted by Gasteiger charge is -2.30. The first-order valence-corrected chi connectivity index (χ1v) is 5.64. The molecule has 0 bridgehead atoms. The minimum absolute atomic E-state index is 0.0622. The van der Waals surface area contributed by atoms with Gasteiger partial charge >= 0.3 is 0 Å². The molecule has 0 aliphatic carbocycles. The van der Waals surface area contributed by atoms with Crippen molar-refractivity contribution in [2.75, 3.05) is 24.6 Å². The van der Waals surface area contributed by atoms with Crippen LogP contribution in [0.1, 0.15) is 6.42 Å². The second kappa shape index (κ2) is 5.07. The van der Waals surface area contributed by atoms with Crippen LogP contribution in [-0.4, -0.2) is 25.5 Å². The Morgan fingerprint density at radius 1 is 1.59 bits per heavy atom. The third-order valence-corrected chi connectivity index (χ3v) is 2.76. The molecule has 0 aromatic heterocycles. The maximum absolute atomic E-state index is 11.5. The molecule has 0 spiro atoms. The van der Waals surface area contributed by atoms with Crippen LogP contribution in [0.15, 0.2) is 18.2 Å². The van der Waals surface area contributed by atoms with Crippen molar-refractivity contribution in [3.05, 3.63) is 23.2 Å². The number of benzene rings is 1. The number of hydrogen-bond acceptors (Lipinski definition) is 4. The zero-order valence-electron chi connectivity index (χ0n) is 9.15. The average Bonchev–Trinajstić information content (AvgIpc) is 2.30. The number of carbonyl (C=O) groups is 1. The molecule has 0 amide bonds. The van der Waals surface area contributed by atoms with Crippen molar-refractivity contribution < 1.29 is 9.53 Å². The van der Waals surface area contributed by atoms with Gasteiger partial charge in [0.15, 0.2) is 5.78 Å². The Morgan fingerprint density at radius 3 is 3.18 bits per heavy atom. The first-order valence-electron chi connectivity index (χ1n) is 5.26. The van der Waals surface area contributed by atoms with E-state index in [4.69, 9.17) is 21.6 Å².